The van der Waals surface area contributed by atoms with Gasteiger partial charge in [-0.25, -0.2) is 0 Å². The first-order chi connectivity index (χ1) is 10.3. The Bertz CT molecular complexity index is 523. The van der Waals surface area contributed by atoms with Crippen LogP contribution in [0.25, 0.3) is 0 Å². The van der Waals surface area contributed by atoms with Gasteiger partial charge in [0.25, 0.3) is 0 Å². The van der Waals surface area contributed by atoms with Crippen molar-refractivity contribution in [1.29, 1.82) is 0 Å². The Morgan fingerprint density at radius 3 is 2.86 bits per heavy atom. The monoisotopic (exact) mass is 290 g/mol. The topological polar surface area (TPSA) is 71.3 Å². The molecule has 2 unspecified atom stereocenters. The van der Waals surface area contributed by atoms with Gasteiger partial charge in [0.05, 0.1) is 6.54 Å². The molecule has 0 spiro atoms. The van der Waals surface area contributed by atoms with Gasteiger partial charge < -0.3 is 14.7 Å². The molecule has 114 valence electrons. The normalized spacial score (nSPS) is 30.1. The number of nitrogens with one attached hydrogen (secondary N) is 1. The second-order valence-corrected chi connectivity index (χ2v) is 6.65. The van der Waals surface area contributed by atoms with E-state index in [1.807, 2.05) is 4.90 Å². The predicted octanol–water partition coefficient (Wildman–Crippen LogP) is 1.58. The first kappa shape index (κ1) is 13.2. The predicted molar refractivity (Wildman–Crippen MR) is 75.5 cm³/mol. The number of hydrogen-bond acceptors (Lipinski definition) is 5. The molecule has 2 aliphatic heterocycles. The molecule has 1 aromatic heterocycles. The van der Waals surface area contributed by atoms with E-state index in [9.17, 15) is 4.79 Å². The molecule has 1 saturated carbocycles. The summed E-state index contributed by atoms with van der Waals surface area (Å²) in [5, 5.41) is 7.60. The minimum Gasteiger partial charge on any atom is -0.339 e. The molecule has 2 bridgehead atoms. The van der Waals surface area contributed by atoms with Crippen LogP contribution in [0.1, 0.15) is 62.6 Å². The smallest absolute Gasteiger partial charge is 0.229 e. The molecule has 0 radical (unpaired) electrons. The van der Waals surface area contributed by atoms with Gasteiger partial charge in [-0.05, 0) is 25.7 Å². The fourth-order valence-electron chi connectivity index (χ4n) is 3.91. The van der Waals surface area contributed by atoms with Crippen LogP contribution < -0.4 is 5.32 Å². The molecule has 0 aromatic carbocycles. The number of fused-ring (bicyclic) bond motifs is 2. The van der Waals surface area contributed by atoms with Crippen LogP contribution in [0.15, 0.2) is 4.52 Å². The molecular formula is C15H22N4O2. The van der Waals surface area contributed by atoms with E-state index in [4.69, 9.17) is 4.52 Å². The lowest BCUT2D eigenvalue weighted by atomic mass is 10.1. The number of carbonyl (C=O) groups excluding carboxylic acids is 1. The summed E-state index contributed by atoms with van der Waals surface area (Å²) in [6.45, 7) is 1.25. The quantitative estimate of drug-likeness (QED) is 0.915. The summed E-state index contributed by atoms with van der Waals surface area (Å²) in [7, 11) is 0. The number of carbonyl (C=O) groups is 1. The number of nitrogens with zero attached hydrogens (tertiary/aromatic N) is 3. The van der Waals surface area contributed by atoms with Crippen molar-refractivity contribution in [2.24, 2.45) is 0 Å². The van der Waals surface area contributed by atoms with Gasteiger partial charge in [-0.2, -0.15) is 4.98 Å². The highest BCUT2D eigenvalue weighted by molar-refractivity contribution is 5.77. The first-order valence-corrected chi connectivity index (χ1v) is 8.14. The average Bonchev–Trinajstić information content (AvgIpc) is 3.16. The van der Waals surface area contributed by atoms with Gasteiger partial charge in [-0.3, -0.25) is 4.79 Å². The highest BCUT2D eigenvalue weighted by Crippen LogP contribution is 2.33. The van der Waals surface area contributed by atoms with Gasteiger partial charge in [0.2, 0.25) is 11.8 Å². The Labute approximate surface area is 124 Å². The number of likely N-dealkylation sites (tertiary alicyclic amines) is 1. The maximum Gasteiger partial charge on any atom is 0.229 e. The van der Waals surface area contributed by atoms with Crippen LogP contribution in [-0.2, 0) is 11.3 Å². The van der Waals surface area contributed by atoms with E-state index in [0.717, 1.165) is 38.1 Å². The summed E-state index contributed by atoms with van der Waals surface area (Å²) < 4.78 is 5.40. The molecule has 6 heteroatoms. The molecule has 1 aliphatic carbocycles. The van der Waals surface area contributed by atoms with Crippen molar-refractivity contribution in [2.45, 2.75) is 69.5 Å². The summed E-state index contributed by atoms with van der Waals surface area (Å²) in [5.41, 5.74) is 0. The SMILES string of the molecule is O=C1CC2CCC(CN1Cc1noc(C3CCCC3)n1)N2. The van der Waals surface area contributed by atoms with E-state index in [0.29, 0.717) is 36.8 Å². The molecule has 1 N–H and O–H groups in total. The van der Waals surface area contributed by atoms with Crippen LogP contribution in [-0.4, -0.2) is 39.6 Å². The Morgan fingerprint density at radius 2 is 2.00 bits per heavy atom. The van der Waals surface area contributed by atoms with Crippen LogP contribution in [0.4, 0.5) is 0 Å². The highest BCUT2D eigenvalue weighted by atomic mass is 16.5. The van der Waals surface area contributed by atoms with Gasteiger partial charge in [-0.15, -0.1) is 0 Å². The molecule has 3 fully saturated rings. The Balaban J connectivity index is 1.44. The molecule has 3 aliphatic rings. The lowest BCUT2D eigenvalue weighted by molar-refractivity contribution is -0.132. The van der Waals surface area contributed by atoms with Crippen molar-refractivity contribution in [2.75, 3.05) is 6.54 Å². The van der Waals surface area contributed by atoms with Crippen molar-refractivity contribution >= 4 is 5.91 Å². The lowest BCUT2D eigenvalue weighted by Crippen LogP contribution is -2.37. The van der Waals surface area contributed by atoms with E-state index >= 15 is 0 Å². The van der Waals surface area contributed by atoms with Crippen molar-refractivity contribution in [3.05, 3.63) is 11.7 Å². The molecule has 1 aromatic rings. The van der Waals surface area contributed by atoms with E-state index in [2.05, 4.69) is 15.5 Å². The zero-order chi connectivity index (χ0) is 14.2. The van der Waals surface area contributed by atoms with E-state index in [1.165, 1.54) is 12.8 Å². The Hall–Kier alpha value is -1.43. The molecule has 2 saturated heterocycles. The molecule has 3 heterocycles. The van der Waals surface area contributed by atoms with E-state index < -0.39 is 0 Å². The number of rotatable bonds is 3. The van der Waals surface area contributed by atoms with Crippen molar-refractivity contribution in [3.63, 3.8) is 0 Å². The maximum atomic E-state index is 12.3. The highest BCUT2D eigenvalue weighted by Gasteiger charge is 2.34. The standard InChI is InChI=1S/C15H22N4O2/c20-14-7-11-5-6-12(16-11)8-19(14)9-13-17-15(21-18-13)10-3-1-2-4-10/h10-12,16H,1-9H2. The van der Waals surface area contributed by atoms with Gasteiger partial charge in [-0.1, -0.05) is 18.0 Å². The van der Waals surface area contributed by atoms with Gasteiger partial charge in [0.1, 0.15) is 0 Å². The summed E-state index contributed by atoms with van der Waals surface area (Å²) in [4.78, 5) is 18.7. The lowest BCUT2D eigenvalue weighted by Gasteiger charge is -2.22. The van der Waals surface area contributed by atoms with Gasteiger partial charge >= 0.3 is 0 Å². The summed E-state index contributed by atoms with van der Waals surface area (Å²) in [6, 6.07) is 0.800. The number of hydrogen-bond donors (Lipinski definition) is 1. The van der Waals surface area contributed by atoms with E-state index in [1.54, 1.807) is 0 Å². The van der Waals surface area contributed by atoms with Gasteiger partial charge in [0.15, 0.2) is 5.82 Å². The molecule has 1 amide bonds. The third-order valence-corrected chi connectivity index (χ3v) is 5.07. The fourth-order valence-corrected chi connectivity index (χ4v) is 3.91. The fraction of sp³-hybridized carbons (Fsp3) is 0.800. The Morgan fingerprint density at radius 1 is 1.19 bits per heavy atom. The molecule has 6 nitrogen and oxygen atoms in total. The van der Waals surface area contributed by atoms with Crippen LogP contribution in [0, 0.1) is 0 Å². The second-order valence-electron chi connectivity index (χ2n) is 6.65. The summed E-state index contributed by atoms with van der Waals surface area (Å²) in [6.07, 6.45) is 7.69. The van der Waals surface area contributed by atoms with Gasteiger partial charge in [0, 0.05) is 31.0 Å². The summed E-state index contributed by atoms with van der Waals surface area (Å²) in [5.74, 6) is 2.07. The zero-order valence-electron chi connectivity index (χ0n) is 12.3. The summed E-state index contributed by atoms with van der Waals surface area (Å²) >= 11 is 0. The minimum atomic E-state index is 0.210. The number of aromatic nitrogens is 2. The molecule has 4 rings (SSSR count). The van der Waals surface area contributed by atoms with Crippen LogP contribution in [0.5, 0.6) is 0 Å². The second kappa shape index (κ2) is 5.40. The zero-order valence-corrected chi connectivity index (χ0v) is 12.3. The maximum absolute atomic E-state index is 12.3. The van der Waals surface area contributed by atoms with Crippen LogP contribution >= 0.6 is 0 Å². The largest absolute Gasteiger partial charge is 0.339 e. The third-order valence-electron chi connectivity index (χ3n) is 5.07. The van der Waals surface area contributed by atoms with Crippen LogP contribution in [0.2, 0.25) is 0 Å². The molecule has 2 atom stereocenters. The van der Waals surface area contributed by atoms with Crippen molar-refractivity contribution in [1.82, 2.24) is 20.4 Å². The molecule has 21 heavy (non-hydrogen) atoms. The Kier molecular flexibility index (Phi) is 3.41. The average molecular weight is 290 g/mol. The first-order valence-electron chi connectivity index (χ1n) is 8.14. The molecular weight excluding hydrogens is 268 g/mol. The third kappa shape index (κ3) is 2.69. The van der Waals surface area contributed by atoms with E-state index in [-0.39, 0.29) is 5.91 Å². The number of amides is 1. The minimum absolute atomic E-state index is 0.210. The van der Waals surface area contributed by atoms with Crippen LogP contribution in [0.3, 0.4) is 0 Å². The van der Waals surface area contributed by atoms with Crippen molar-refractivity contribution in [3.8, 4) is 0 Å². The van der Waals surface area contributed by atoms with Crippen molar-refractivity contribution < 1.29 is 9.32 Å².